The molecule has 0 unspecified atom stereocenters. The molecule has 2 nitrogen and oxygen atoms in total. The van der Waals surface area contributed by atoms with Crippen LogP contribution in [0.25, 0.3) is 0 Å². The van der Waals surface area contributed by atoms with Crippen LogP contribution in [0.3, 0.4) is 0 Å². The SMILES string of the molecule is CCCC(C)=C[SiH2]C(c1ccccc1)(c1ccccc1)n1ccnc1.c1ccc(B(c2ccccc2)C2CC2)cc1. The molecule has 6 rings (SSSR count). The van der Waals surface area contributed by atoms with Gasteiger partial charge in [-0.3, -0.25) is 0 Å². The van der Waals surface area contributed by atoms with E-state index in [1.54, 1.807) is 0 Å². The number of hydrogen-bond acceptors (Lipinski definition) is 1. The highest BCUT2D eigenvalue weighted by Gasteiger charge is 2.36. The minimum absolute atomic E-state index is 0.145. The Kier molecular flexibility index (Phi) is 9.88. The molecule has 41 heavy (non-hydrogen) atoms. The maximum absolute atomic E-state index is 4.37. The third-order valence-corrected chi connectivity index (χ3v) is 10.9. The normalized spacial score (nSPS) is 13.6. The summed E-state index contributed by atoms with van der Waals surface area (Å²) in [5.74, 6) is 0.866. The van der Waals surface area contributed by atoms with Gasteiger partial charge in [0.25, 0.3) is 0 Å². The molecular weight excluding hydrogens is 511 g/mol. The molecule has 0 atom stereocenters. The molecule has 4 heteroatoms. The Labute approximate surface area is 249 Å². The van der Waals surface area contributed by atoms with E-state index in [4.69, 9.17) is 0 Å². The van der Waals surface area contributed by atoms with E-state index in [2.05, 4.69) is 157 Å². The van der Waals surface area contributed by atoms with Gasteiger partial charge in [-0.05, 0) is 24.5 Å². The molecule has 0 saturated heterocycles. The Morgan fingerprint density at radius 3 is 1.71 bits per heavy atom. The molecule has 4 aromatic carbocycles. The zero-order valence-corrected chi connectivity index (χ0v) is 25.9. The Morgan fingerprint density at radius 1 is 0.805 bits per heavy atom. The second-order valence-electron chi connectivity index (χ2n) is 11.2. The van der Waals surface area contributed by atoms with Crippen LogP contribution in [0.4, 0.5) is 0 Å². The molecule has 5 aromatic rings. The number of imidazole rings is 1. The van der Waals surface area contributed by atoms with Crippen molar-refractivity contribution in [1.82, 2.24) is 9.55 Å². The van der Waals surface area contributed by atoms with E-state index in [1.165, 1.54) is 53.3 Å². The molecule has 1 saturated carbocycles. The standard InChI is InChI=1S/C22H26N2Si.C15H15B/c1-3-10-19(2)17-25-22(24-16-15-23-18-24,20-11-6-4-7-12-20)21-13-8-5-9-14-21;1-3-7-13(8-4-1)16(15-11-12-15)14-9-5-2-6-10-14/h4-9,11-18H,3,10,25H2,1-2H3;1-10,15H,11-12H2. The van der Waals surface area contributed by atoms with Crippen molar-refractivity contribution in [1.29, 1.82) is 0 Å². The molecule has 0 N–H and O–H groups in total. The molecule has 0 radical (unpaired) electrons. The fraction of sp³-hybridized carbons (Fsp3) is 0.216. The number of rotatable bonds is 10. The van der Waals surface area contributed by atoms with Crippen molar-refractivity contribution in [3.8, 4) is 0 Å². The Bertz CT molecular complexity index is 1390. The average molecular weight is 553 g/mol. The van der Waals surface area contributed by atoms with Crippen molar-refractivity contribution in [3.63, 3.8) is 0 Å². The largest absolute Gasteiger partial charge is 0.326 e. The van der Waals surface area contributed by atoms with E-state index >= 15 is 0 Å². The van der Waals surface area contributed by atoms with Gasteiger partial charge in [-0.1, -0.05) is 176 Å². The van der Waals surface area contributed by atoms with Crippen LogP contribution < -0.4 is 10.9 Å². The van der Waals surface area contributed by atoms with Gasteiger partial charge < -0.3 is 4.57 Å². The smallest absolute Gasteiger partial charge is 0.212 e. The number of allylic oxidation sites excluding steroid dienone is 1. The first-order valence-corrected chi connectivity index (χ1v) is 16.6. The van der Waals surface area contributed by atoms with Gasteiger partial charge in [-0.15, -0.1) is 0 Å². The minimum Gasteiger partial charge on any atom is -0.326 e. The van der Waals surface area contributed by atoms with Gasteiger partial charge >= 0.3 is 0 Å². The molecule has 0 spiro atoms. The lowest BCUT2D eigenvalue weighted by Gasteiger charge is -2.36. The molecule has 0 bridgehead atoms. The van der Waals surface area contributed by atoms with Crippen LogP contribution in [-0.4, -0.2) is 25.8 Å². The lowest BCUT2D eigenvalue weighted by atomic mass is 9.37. The zero-order chi connectivity index (χ0) is 28.3. The van der Waals surface area contributed by atoms with Gasteiger partial charge in [-0.25, -0.2) is 4.98 Å². The summed E-state index contributed by atoms with van der Waals surface area (Å²) in [6, 6.07) is 43.6. The van der Waals surface area contributed by atoms with Crippen LogP contribution in [0.15, 0.2) is 151 Å². The summed E-state index contributed by atoms with van der Waals surface area (Å²) in [5.41, 5.74) is 9.65. The second-order valence-corrected chi connectivity index (χ2v) is 13.0. The summed E-state index contributed by atoms with van der Waals surface area (Å²) < 4.78 is 2.31. The summed E-state index contributed by atoms with van der Waals surface area (Å²) in [5, 5.41) is -0.145. The van der Waals surface area contributed by atoms with Gasteiger partial charge in [-0.2, -0.15) is 0 Å². The molecule has 1 aliphatic carbocycles. The predicted molar refractivity (Wildman–Crippen MR) is 179 cm³/mol. The fourth-order valence-corrected chi connectivity index (χ4v) is 8.21. The lowest BCUT2D eigenvalue weighted by molar-refractivity contribution is 0.596. The van der Waals surface area contributed by atoms with Crippen molar-refractivity contribution in [3.05, 3.63) is 162 Å². The van der Waals surface area contributed by atoms with Crippen LogP contribution in [0.5, 0.6) is 0 Å². The molecule has 206 valence electrons. The van der Waals surface area contributed by atoms with Crippen molar-refractivity contribution in [2.24, 2.45) is 0 Å². The van der Waals surface area contributed by atoms with E-state index in [1.807, 2.05) is 12.5 Å². The fourth-order valence-electron chi connectivity index (χ4n) is 6.02. The molecule has 0 aliphatic heterocycles. The quantitative estimate of drug-likeness (QED) is 0.171. The third-order valence-electron chi connectivity index (χ3n) is 8.25. The van der Waals surface area contributed by atoms with Crippen LogP contribution in [0.1, 0.15) is 50.7 Å². The first-order chi connectivity index (χ1) is 20.2. The Balaban J connectivity index is 0.000000181. The van der Waals surface area contributed by atoms with Crippen LogP contribution in [0.2, 0.25) is 5.82 Å². The van der Waals surface area contributed by atoms with E-state index in [0.29, 0.717) is 6.71 Å². The van der Waals surface area contributed by atoms with Crippen molar-refractivity contribution >= 4 is 27.2 Å². The van der Waals surface area contributed by atoms with Crippen molar-refractivity contribution in [2.45, 2.75) is 50.5 Å². The highest BCUT2D eigenvalue weighted by atomic mass is 28.2. The van der Waals surface area contributed by atoms with Gasteiger partial charge in [0.2, 0.25) is 6.71 Å². The summed E-state index contributed by atoms with van der Waals surface area (Å²) in [6.45, 7) is 5.13. The minimum atomic E-state index is -0.654. The zero-order valence-electron chi connectivity index (χ0n) is 24.4. The summed E-state index contributed by atoms with van der Waals surface area (Å²) in [6.07, 6.45) is 11.1. The number of nitrogens with zero attached hydrogens (tertiary/aromatic N) is 2. The van der Waals surface area contributed by atoms with Crippen LogP contribution in [0, 0.1) is 0 Å². The highest BCUT2D eigenvalue weighted by Crippen LogP contribution is 2.38. The Hall–Kier alpha value is -3.89. The second kappa shape index (κ2) is 14.1. The molecule has 1 aliphatic rings. The predicted octanol–water partition coefficient (Wildman–Crippen LogP) is 6.96. The number of benzene rings is 4. The van der Waals surface area contributed by atoms with Gasteiger partial charge in [0.05, 0.1) is 21.0 Å². The van der Waals surface area contributed by atoms with Crippen molar-refractivity contribution in [2.75, 3.05) is 0 Å². The maximum atomic E-state index is 4.37. The number of hydrogen-bond donors (Lipinski definition) is 0. The van der Waals surface area contributed by atoms with Crippen LogP contribution in [-0.2, 0) is 5.16 Å². The topological polar surface area (TPSA) is 17.8 Å². The molecule has 1 fully saturated rings. The molecule has 1 aromatic heterocycles. The first kappa shape index (κ1) is 28.6. The Morgan fingerprint density at radius 2 is 1.29 bits per heavy atom. The average Bonchev–Trinajstić information content (AvgIpc) is 3.71. The number of aromatic nitrogens is 2. The van der Waals surface area contributed by atoms with Crippen molar-refractivity contribution < 1.29 is 0 Å². The van der Waals surface area contributed by atoms with E-state index < -0.39 is 9.52 Å². The monoisotopic (exact) mass is 552 g/mol. The van der Waals surface area contributed by atoms with Crippen LogP contribution >= 0.6 is 0 Å². The highest BCUT2D eigenvalue weighted by molar-refractivity contribution is 6.86. The van der Waals surface area contributed by atoms with Gasteiger partial charge in [0.1, 0.15) is 0 Å². The van der Waals surface area contributed by atoms with Gasteiger partial charge in [0, 0.05) is 12.4 Å². The molecular formula is C37H41BN2Si. The van der Waals surface area contributed by atoms with E-state index in [-0.39, 0.29) is 5.16 Å². The van der Waals surface area contributed by atoms with E-state index in [9.17, 15) is 0 Å². The maximum Gasteiger partial charge on any atom is 0.212 e. The molecule has 0 amide bonds. The summed E-state index contributed by atoms with van der Waals surface area (Å²) in [4.78, 5) is 4.37. The third kappa shape index (κ3) is 7.07. The summed E-state index contributed by atoms with van der Waals surface area (Å²) in [7, 11) is -0.654. The summed E-state index contributed by atoms with van der Waals surface area (Å²) >= 11 is 0. The first-order valence-electron chi connectivity index (χ1n) is 15.1. The van der Waals surface area contributed by atoms with E-state index in [0.717, 1.165) is 5.82 Å². The molecule has 1 heterocycles. The lowest BCUT2D eigenvalue weighted by Crippen LogP contribution is -2.42. The van der Waals surface area contributed by atoms with Gasteiger partial charge in [0.15, 0.2) is 0 Å².